The van der Waals surface area contributed by atoms with Crippen molar-refractivity contribution in [2.45, 2.75) is 94.3 Å². The van der Waals surface area contributed by atoms with Crippen LogP contribution in [-0.4, -0.2) is 80.6 Å². The van der Waals surface area contributed by atoms with Crippen LogP contribution in [-0.2, 0) is 19.1 Å². The molecular formula is C27H42N2O5S. The van der Waals surface area contributed by atoms with E-state index in [1.807, 2.05) is 18.7 Å². The van der Waals surface area contributed by atoms with Gasteiger partial charge in [-0.2, -0.15) is 0 Å². The lowest BCUT2D eigenvalue weighted by molar-refractivity contribution is -0.154. The molecule has 1 spiro atoms. The molecule has 8 heteroatoms. The van der Waals surface area contributed by atoms with E-state index in [-0.39, 0.29) is 54.1 Å². The first-order chi connectivity index (χ1) is 16.7. The molecule has 196 valence electrons. The molecule has 35 heavy (non-hydrogen) atoms. The molecule has 3 unspecified atom stereocenters. The van der Waals surface area contributed by atoms with Crippen LogP contribution in [0.25, 0.3) is 0 Å². The van der Waals surface area contributed by atoms with Crippen LogP contribution in [0.15, 0.2) is 12.7 Å². The van der Waals surface area contributed by atoms with Crippen LogP contribution in [0.1, 0.15) is 66.2 Å². The minimum absolute atomic E-state index is 0.0235. The van der Waals surface area contributed by atoms with E-state index in [0.29, 0.717) is 6.54 Å². The zero-order valence-corrected chi connectivity index (χ0v) is 22.5. The molecule has 3 aliphatic heterocycles. The molecule has 0 radical (unpaired) electrons. The maximum Gasteiger partial charge on any atom is 0.310 e. The highest BCUT2D eigenvalue weighted by Gasteiger charge is 2.77. The van der Waals surface area contributed by atoms with E-state index in [9.17, 15) is 19.5 Å². The van der Waals surface area contributed by atoms with Crippen molar-refractivity contribution in [3.05, 3.63) is 12.7 Å². The van der Waals surface area contributed by atoms with E-state index in [2.05, 4.69) is 13.5 Å². The van der Waals surface area contributed by atoms with Gasteiger partial charge in [0.1, 0.15) is 6.04 Å². The summed E-state index contributed by atoms with van der Waals surface area (Å²) in [6, 6.07) is -1.05. The molecular weight excluding hydrogens is 464 g/mol. The lowest BCUT2D eigenvalue weighted by Crippen LogP contribution is -2.61. The molecule has 3 heterocycles. The summed E-state index contributed by atoms with van der Waals surface area (Å²) in [5.74, 6) is -1.62. The number of thioether (sulfide) groups is 1. The molecule has 2 amide bonds. The average molecular weight is 507 g/mol. The second kappa shape index (κ2) is 10.4. The largest absolute Gasteiger partial charge is 0.466 e. The van der Waals surface area contributed by atoms with Gasteiger partial charge in [-0.25, -0.2) is 0 Å². The Balaban J connectivity index is 1.81. The number of hydrogen-bond donors (Lipinski definition) is 1. The molecule has 7 atom stereocenters. The number of amides is 2. The number of likely N-dealkylation sites (tertiary alicyclic amines) is 1. The van der Waals surface area contributed by atoms with Crippen molar-refractivity contribution in [3.8, 4) is 0 Å². The number of aliphatic hydroxyl groups is 1. The molecule has 0 aromatic rings. The van der Waals surface area contributed by atoms with Gasteiger partial charge in [-0.15, -0.1) is 18.3 Å². The Morgan fingerprint density at radius 2 is 2.00 bits per heavy atom. The van der Waals surface area contributed by atoms with Gasteiger partial charge in [0, 0.05) is 17.8 Å². The highest BCUT2D eigenvalue weighted by molar-refractivity contribution is 8.02. The Morgan fingerprint density at radius 1 is 1.31 bits per heavy atom. The first-order valence-corrected chi connectivity index (χ1v) is 14.3. The first-order valence-electron chi connectivity index (χ1n) is 13.4. The van der Waals surface area contributed by atoms with E-state index < -0.39 is 28.7 Å². The van der Waals surface area contributed by atoms with Crippen LogP contribution in [0.3, 0.4) is 0 Å². The zero-order chi connectivity index (χ0) is 25.5. The molecule has 1 N–H and O–H groups in total. The topological polar surface area (TPSA) is 87.2 Å². The van der Waals surface area contributed by atoms with Gasteiger partial charge in [-0.05, 0) is 38.0 Å². The predicted molar refractivity (Wildman–Crippen MR) is 137 cm³/mol. The first kappa shape index (κ1) is 26.5. The minimum atomic E-state index is -0.703. The SMILES string of the molecule is C=CCN(C(=O)C1N([C@@H](CO)C(C)C)C(=O)[C@@H]2[C@@H](C(=O)OCC)[C@H]3CC(C)C12S3)C1CCCCC1. The van der Waals surface area contributed by atoms with Crippen LogP contribution in [0.2, 0.25) is 0 Å². The number of hydrogen-bond acceptors (Lipinski definition) is 6. The van der Waals surface area contributed by atoms with Crippen molar-refractivity contribution < 1.29 is 24.2 Å². The maximum absolute atomic E-state index is 14.6. The van der Waals surface area contributed by atoms with Gasteiger partial charge in [0.25, 0.3) is 0 Å². The van der Waals surface area contributed by atoms with E-state index >= 15 is 0 Å². The van der Waals surface area contributed by atoms with Gasteiger partial charge in [-0.3, -0.25) is 14.4 Å². The molecule has 2 bridgehead atoms. The zero-order valence-electron chi connectivity index (χ0n) is 21.7. The highest BCUT2D eigenvalue weighted by atomic mass is 32.2. The number of ether oxygens (including phenoxy) is 1. The molecule has 0 aromatic heterocycles. The molecule has 4 fully saturated rings. The molecule has 0 aromatic carbocycles. The summed E-state index contributed by atoms with van der Waals surface area (Å²) in [4.78, 5) is 45.5. The smallest absolute Gasteiger partial charge is 0.310 e. The Morgan fingerprint density at radius 3 is 2.57 bits per heavy atom. The Labute approximate surface area is 214 Å². The number of esters is 1. The van der Waals surface area contributed by atoms with Crippen molar-refractivity contribution in [3.63, 3.8) is 0 Å². The summed E-state index contributed by atoms with van der Waals surface area (Å²) in [7, 11) is 0. The maximum atomic E-state index is 14.6. The lowest BCUT2D eigenvalue weighted by atomic mass is 9.66. The Kier molecular flexibility index (Phi) is 7.91. The molecule has 1 saturated carbocycles. The summed E-state index contributed by atoms with van der Waals surface area (Å²) >= 11 is 1.67. The standard InChI is InChI=1S/C27H42N2O5S/c1-6-13-28(18-11-9-8-10-12-18)25(32)23-27-17(5)14-20(35-27)21(26(33)34-7-2)22(27)24(31)29(23)19(15-30)16(3)4/h6,16-23,30H,1,7-15H2,2-5H3/t17?,19-,20+,21-,22-,23?,27?/m0/s1. The Hall–Kier alpha value is -1.54. The van der Waals surface area contributed by atoms with Gasteiger partial charge >= 0.3 is 5.97 Å². The second-order valence-corrected chi connectivity index (χ2v) is 12.7. The summed E-state index contributed by atoms with van der Waals surface area (Å²) in [5.41, 5.74) is 0. The number of rotatable bonds is 9. The lowest BCUT2D eigenvalue weighted by Gasteiger charge is -2.44. The van der Waals surface area contributed by atoms with Crippen molar-refractivity contribution in [2.24, 2.45) is 23.7 Å². The third-order valence-electron chi connectivity index (χ3n) is 8.91. The summed E-state index contributed by atoms with van der Waals surface area (Å²) in [6.07, 6.45) is 7.85. The van der Waals surface area contributed by atoms with Gasteiger partial charge in [0.2, 0.25) is 11.8 Å². The van der Waals surface area contributed by atoms with E-state index in [1.165, 1.54) is 6.42 Å². The van der Waals surface area contributed by atoms with Crippen LogP contribution in [0.5, 0.6) is 0 Å². The van der Waals surface area contributed by atoms with Gasteiger partial charge in [-0.1, -0.05) is 46.1 Å². The third-order valence-corrected chi connectivity index (χ3v) is 11.0. The van der Waals surface area contributed by atoms with E-state index in [0.717, 1.165) is 32.1 Å². The van der Waals surface area contributed by atoms with E-state index in [1.54, 1.807) is 29.7 Å². The summed E-state index contributed by atoms with van der Waals surface area (Å²) in [5, 5.41) is 10.4. The highest BCUT2D eigenvalue weighted by Crippen LogP contribution is 2.69. The fraction of sp³-hybridized carbons (Fsp3) is 0.815. The molecule has 1 aliphatic carbocycles. The van der Waals surface area contributed by atoms with Crippen molar-refractivity contribution in [1.29, 1.82) is 0 Å². The molecule has 4 rings (SSSR count). The van der Waals surface area contributed by atoms with Crippen LogP contribution in [0, 0.1) is 23.7 Å². The number of aliphatic hydroxyl groups excluding tert-OH is 1. The number of carbonyl (C=O) groups is 3. The quantitative estimate of drug-likeness (QED) is 0.382. The Bertz CT molecular complexity index is 843. The van der Waals surface area contributed by atoms with E-state index in [4.69, 9.17) is 4.74 Å². The van der Waals surface area contributed by atoms with Crippen molar-refractivity contribution in [2.75, 3.05) is 19.8 Å². The van der Waals surface area contributed by atoms with Gasteiger partial charge in [0.15, 0.2) is 0 Å². The summed E-state index contributed by atoms with van der Waals surface area (Å²) in [6.45, 7) is 12.3. The monoisotopic (exact) mass is 506 g/mol. The third kappa shape index (κ3) is 4.12. The number of carbonyl (C=O) groups excluding carboxylic acids is 3. The number of nitrogens with zero attached hydrogens (tertiary/aromatic N) is 2. The summed E-state index contributed by atoms with van der Waals surface area (Å²) < 4.78 is 4.74. The molecule has 4 aliphatic rings. The fourth-order valence-electron chi connectivity index (χ4n) is 7.33. The van der Waals surface area contributed by atoms with Gasteiger partial charge < -0.3 is 19.6 Å². The number of fused-ring (bicyclic) bond motifs is 1. The van der Waals surface area contributed by atoms with Gasteiger partial charge in [0.05, 0.1) is 35.8 Å². The minimum Gasteiger partial charge on any atom is -0.466 e. The van der Waals surface area contributed by atoms with Crippen molar-refractivity contribution in [1.82, 2.24) is 9.80 Å². The van der Waals surface area contributed by atoms with Crippen LogP contribution >= 0.6 is 11.8 Å². The molecule has 7 nitrogen and oxygen atoms in total. The van der Waals surface area contributed by atoms with Crippen LogP contribution < -0.4 is 0 Å². The predicted octanol–water partition coefficient (Wildman–Crippen LogP) is 3.25. The van der Waals surface area contributed by atoms with Crippen LogP contribution in [0.4, 0.5) is 0 Å². The average Bonchev–Trinajstić information content (AvgIpc) is 3.42. The molecule has 3 saturated heterocycles. The van der Waals surface area contributed by atoms with Crippen molar-refractivity contribution >= 4 is 29.5 Å². The normalized spacial score (nSPS) is 35.3. The second-order valence-electron chi connectivity index (χ2n) is 11.1. The fourth-order valence-corrected chi connectivity index (χ4v) is 9.72.